The molecule has 7 heteroatoms. The molecule has 0 fully saturated rings. The fraction of sp³-hybridized carbons (Fsp3) is 0.273. The zero-order chi connectivity index (χ0) is 20.7. The fourth-order valence-electron chi connectivity index (χ4n) is 3.82. The Hall–Kier alpha value is -3.48. The number of carboxylic acid groups (broad SMARTS) is 1. The third kappa shape index (κ3) is 2.99. The van der Waals surface area contributed by atoms with Gasteiger partial charge in [0.15, 0.2) is 5.65 Å². The lowest BCUT2D eigenvalue weighted by Crippen LogP contribution is -2.33. The van der Waals surface area contributed by atoms with Crippen LogP contribution in [0.5, 0.6) is 0 Å². The van der Waals surface area contributed by atoms with Gasteiger partial charge in [-0.15, -0.1) is 0 Å². The number of carboxylic acids is 1. The summed E-state index contributed by atoms with van der Waals surface area (Å²) < 4.78 is 2.96. The second-order valence-electron chi connectivity index (χ2n) is 7.39. The molecule has 0 saturated carbocycles. The fourth-order valence-corrected chi connectivity index (χ4v) is 3.82. The molecule has 0 amide bonds. The molecule has 1 unspecified atom stereocenters. The van der Waals surface area contributed by atoms with Crippen LogP contribution < -0.4 is 5.56 Å². The molecular formula is C22H22N4O3. The summed E-state index contributed by atoms with van der Waals surface area (Å²) in [6.07, 6.45) is 3.79. The zero-order valence-electron chi connectivity index (χ0n) is 16.5. The summed E-state index contributed by atoms with van der Waals surface area (Å²) in [6, 6.07) is 10.7. The highest BCUT2D eigenvalue weighted by atomic mass is 16.4. The van der Waals surface area contributed by atoms with Crippen LogP contribution in [0.3, 0.4) is 0 Å². The van der Waals surface area contributed by atoms with E-state index in [4.69, 9.17) is 5.10 Å². The number of aromatic nitrogens is 4. The highest BCUT2D eigenvalue weighted by Gasteiger charge is 2.25. The van der Waals surface area contributed by atoms with Gasteiger partial charge in [0.05, 0.1) is 16.6 Å². The van der Waals surface area contributed by atoms with Crippen molar-refractivity contribution in [2.24, 2.45) is 5.92 Å². The smallest absolute Gasteiger partial charge is 0.327 e. The molecule has 7 nitrogen and oxygen atoms in total. The predicted octanol–water partition coefficient (Wildman–Crippen LogP) is 3.56. The van der Waals surface area contributed by atoms with Crippen molar-refractivity contribution in [1.82, 2.24) is 19.2 Å². The molecule has 0 aliphatic rings. The van der Waals surface area contributed by atoms with Crippen molar-refractivity contribution in [3.8, 4) is 11.1 Å². The Morgan fingerprint density at radius 1 is 1.17 bits per heavy atom. The molecule has 0 radical (unpaired) electrons. The summed E-state index contributed by atoms with van der Waals surface area (Å²) in [5.74, 6) is -1.27. The van der Waals surface area contributed by atoms with E-state index in [1.54, 1.807) is 30.6 Å². The van der Waals surface area contributed by atoms with E-state index in [1.807, 2.05) is 37.3 Å². The predicted molar refractivity (Wildman–Crippen MR) is 111 cm³/mol. The summed E-state index contributed by atoms with van der Waals surface area (Å²) in [5, 5.41) is 14.6. The maximum atomic E-state index is 13.1. The Kier molecular flexibility index (Phi) is 4.66. The monoisotopic (exact) mass is 390 g/mol. The summed E-state index contributed by atoms with van der Waals surface area (Å²) in [7, 11) is 0. The van der Waals surface area contributed by atoms with Gasteiger partial charge in [-0.3, -0.25) is 4.79 Å². The summed E-state index contributed by atoms with van der Waals surface area (Å²) in [4.78, 5) is 29.3. The van der Waals surface area contributed by atoms with E-state index in [2.05, 4.69) is 4.98 Å². The first-order valence-electron chi connectivity index (χ1n) is 9.63. The Morgan fingerprint density at radius 3 is 2.52 bits per heavy atom. The number of rotatable bonds is 5. The van der Waals surface area contributed by atoms with E-state index in [1.165, 1.54) is 10.8 Å². The molecule has 1 atom stereocenters. The van der Waals surface area contributed by atoms with Crippen LogP contribution in [0.4, 0.5) is 0 Å². The molecule has 0 aliphatic carbocycles. The number of aryl methyl sites for hydroxylation is 1. The Balaban J connectivity index is 2.01. The van der Waals surface area contributed by atoms with Crippen molar-refractivity contribution in [2.45, 2.75) is 33.2 Å². The molecule has 3 aromatic heterocycles. The number of benzene rings is 1. The standard InChI is InChI=1S/C22H22N4O3/c1-4-16-18(14-8-6-5-7-9-14)20-23-12-15-17(26(20)24-16)10-11-25(21(15)27)19(13(2)3)22(28)29/h5-13,19H,4H2,1-3H3,(H,28,29). The van der Waals surface area contributed by atoms with E-state index in [0.29, 0.717) is 16.6 Å². The molecule has 4 aromatic rings. The summed E-state index contributed by atoms with van der Waals surface area (Å²) in [6.45, 7) is 5.59. The van der Waals surface area contributed by atoms with Gasteiger partial charge in [-0.05, 0) is 24.0 Å². The van der Waals surface area contributed by atoms with Gasteiger partial charge in [0.1, 0.15) is 6.04 Å². The van der Waals surface area contributed by atoms with Crippen molar-refractivity contribution in [3.63, 3.8) is 0 Å². The average Bonchev–Trinajstić information content (AvgIpc) is 3.09. The SMILES string of the molecule is CCc1nn2c(ncc3c(=O)n(C(C(=O)O)C(C)C)ccc32)c1-c1ccccc1. The van der Waals surface area contributed by atoms with Crippen LogP contribution in [0.25, 0.3) is 27.7 Å². The number of carbonyl (C=O) groups is 1. The minimum absolute atomic E-state index is 0.236. The number of hydrogen-bond acceptors (Lipinski definition) is 4. The van der Waals surface area contributed by atoms with Crippen LogP contribution in [0.15, 0.2) is 53.6 Å². The van der Waals surface area contributed by atoms with Crippen LogP contribution in [0.1, 0.15) is 32.5 Å². The summed E-state index contributed by atoms with van der Waals surface area (Å²) in [5.41, 5.74) is 3.77. The largest absolute Gasteiger partial charge is 0.480 e. The Morgan fingerprint density at radius 2 is 1.90 bits per heavy atom. The van der Waals surface area contributed by atoms with E-state index >= 15 is 0 Å². The van der Waals surface area contributed by atoms with Crippen molar-refractivity contribution < 1.29 is 9.90 Å². The van der Waals surface area contributed by atoms with Crippen LogP contribution in [-0.4, -0.2) is 30.2 Å². The second kappa shape index (κ2) is 7.16. The third-order valence-electron chi connectivity index (χ3n) is 5.19. The highest BCUT2D eigenvalue weighted by Crippen LogP contribution is 2.29. The lowest BCUT2D eigenvalue weighted by atomic mass is 10.0. The first-order chi connectivity index (χ1) is 13.9. The third-order valence-corrected chi connectivity index (χ3v) is 5.19. The maximum absolute atomic E-state index is 13.1. The molecule has 0 aliphatic heterocycles. The Bertz CT molecular complexity index is 1270. The molecule has 0 spiro atoms. The van der Waals surface area contributed by atoms with Crippen LogP contribution in [-0.2, 0) is 11.2 Å². The quantitative estimate of drug-likeness (QED) is 0.563. The molecule has 29 heavy (non-hydrogen) atoms. The van der Waals surface area contributed by atoms with Gasteiger partial charge in [0.2, 0.25) is 0 Å². The van der Waals surface area contributed by atoms with E-state index in [-0.39, 0.29) is 11.5 Å². The number of hydrogen-bond donors (Lipinski definition) is 1. The normalized spacial score (nSPS) is 12.7. The molecule has 0 bridgehead atoms. The van der Waals surface area contributed by atoms with Crippen molar-refractivity contribution in [3.05, 3.63) is 64.8 Å². The van der Waals surface area contributed by atoms with Gasteiger partial charge >= 0.3 is 5.97 Å². The lowest BCUT2D eigenvalue weighted by Gasteiger charge is -2.19. The van der Waals surface area contributed by atoms with E-state index in [0.717, 1.165) is 23.2 Å². The molecule has 4 rings (SSSR count). The van der Waals surface area contributed by atoms with Crippen LogP contribution in [0, 0.1) is 5.92 Å². The summed E-state index contributed by atoms with van der Waals surface area (Å²) >= 11 is 0. The van der Waals surface area contributed by atoms with Crippen LogP contribution in [0.2, 0.25) is 0 Å². The van der Waals surface area contributed by atoms with Gasteiger partial charge in [0, 0.05) is 18.0 Å². The zero-order valence-corrected chi connectivity index (χ0v) is 16.5. The molecule has 1 aromatic carbocycles. The molecular weight excluding hydrogens is 368 g/mol. The number of pyridine rings is 1. The minimum atomic E-state index is -1.03. The second-order valence-corrected chi connectivity index (χ2v) is 7.39. The molecule has 0 saturated heterocycles. The first kappa shape index (κ1) is 18.9. The van der Waals surface area contributed by atoms with E-state index in [9.17, 15) is 14.7 Å². The molecule has 1 N–H and O–H groups in total. The topological polar surface area (TPSA) is 89.5 Å². The lowest BCUT2D eigenvalue weighted by molar-refractivity contribution is -0.142. The highest BCUT2D eigenvalue weighted by molar-refractivity contribution is 5.86. The van der Waals surface area contributed by atoms with Gasteiger partial charge < -0.3 is 9.67 Å². The number of fused-ring (bicyclic) bond motifs is 3. The molecule has 3 heterocycles. The van der Waals surface area contributed by atoms with Crippen molar-refractivity contribution in [1.29, 1.82) is 0 Å². The van der Waals surface area contributed by atoms with E-state index < -0.39 is 12.0 Å². The molecule has 148 valence electrons. The maximum Gasteiger partial charge on any atom is 0.327 e. The minimum Gasteiger partial charge on any atom is -0.480 e. The Labute approximate surface area is 167 Å². The van der Waals surface area contributed by atoms with Gasteiger partial charge in [-0.1, -0.05) is 51.1 Å². The number of aliphatic carboxylic acids is 1. The van der Waals surface area contributed by atoms with Crippen LogP contribution >= 0.6 is 0 Å². The van der Waals surface area contributed by atoms with Gasteiger partial charge in [-0.25, -0.2) is 14.3 Å². The number of nitrogens with zero attached hydrogens (tertiary/aromatic N) is 4. The van der Waals surface area contributed by atoms with Crippen molar-refractivity contribution >= 4 is 22.5 Å². The van der Waals surface area contributed by atoms with Gasteiger partial charge in [-0.2, -0.15) is 5.10 Å². The van der Waals surface area contributed by atoms with Crippen molar-refractivity contribution in [2.75, 3.05) is 0 Å². The average molecular weight is 390 g/mol. The van der Waals surface area contributed by atoms with Gasteiger partial charge in [0.25, 0.3) is 5.56 Å². The first-order valence-corrected chi connectivity index (χ1v) is 9.63.